The number of imidazole rings is 1. The smallest absolute Gasteiger partial charge is 0.248 e. The Morgan fingerprint density at radius 2 is 1.97 bits per heavy atom. The zero-order chi connectivity index (χ0) is 20.8. The first kappa shape index (κ1) is 21.0. The molecular weight excluding hydrogens is 366 g/mol. The highest BCUT2D eigenvalue weighted by atomic mass is 16.5. The maximum atomic E-state index is 13.5. The first-order valence-corrected chi connectivity index (χ1v) is 10.1. The third kappa shape index (κ3) is 4.49. The Morgan fingerprint density at radius 1 is 1.17 bits per heavy atom. The van der Waals surface area contributed by atoms with E-state index in [1.54, 1.807) is 4.90 Å². The van der Waals surface area contributed by atoms with E-state index in [0.717, 1.165) is 34.3 Å². The van der Waals surface area contributed by atoms with Crippen molar-refractivity contribution in [1.29, 1.82) is 0 Å². The number of aromatic nitrogens is 2. The minimum absolute atomic E-state index is 0.0159. The zero-order valence-electron chi connectivity index (χ0n) is 17.4. The largest absolute Gasteiger partial charge is 0.396 e. The Kier molecular flexibility index (Phi) is 7.01. The van der Waals surface area contributed by atoms with Crippen LogP contribution in [0.3, 0.4) is 0 Å². The maximum Gasteiger partial charge on any atom is 0.248 e. The molecule has 0 bridgehead atoms. The number of carbonyl (C=O) groups excluding carboxylic acids is 1. The van der Waals surface area contributed by atoms with Crippen LogP contribution in [-0.2, 0) is 28.9 Å². The minimum Gasteiger partial charge on any atom is -0.396 e. The Hall–Kier alpha value is -2.70. The summed E-state index contributed by atoms with van der Waals surface area (Å²) in [5.74, 6) is 0.642. The van der Waals surface area contributed by atoms with Gasteiger partial charge in [0.25, 0.3) is 0 Å². The van der Waals surface area contributed by atoms with E-state index in [4.69, 9.17) is 4.74 Å². The van der Waals surface area contributed by atoms with Gasteiger partial charge in [0.1, 0.15) is 19.1 Å². The molecule has 0 aliphatic rings. The van der Waals surface area contributed by atoms with Gasteiger partial charge in [-0.1, -0.05) is 37.3 Å². The zero-order valence-corrected chi connectivity index (χ0v) is 17.4. The molecule has 1 N–H and O–H groups in total. The van der Waals surface area contributed by atoms with E-state index in [1.165, 1.54) is 0 Å². The number of aliphatic hydroxyl groups is 1. The normalized spacial score (nSPS) is 11.2. The van der Waals surface area contributed by atoms with Gasteiger partial charge in [-0.3, -0.25) is 9.69 Å². The van der Waals surface area contributed by atoms with Crippen molar-refractivity contribution in [3.8, 4) is 0 Å². The van der Waals surface area contributed by atoms with Crippen LogP contribution < -0.4 is 4.90 Å². The number of aliphatic hydroxyl groups excluding tert-OH is 1. The van der Waals surface area contributed by atoms with Crippen molar-refractivity contribution in [1.82, 2.24) is 9.55 Å². The van der Waals surface area contributed by atoms with E-state index in [0.29, 0.717) is 18.9 Å². The van der Waals surface area contributed by atoms with E-state index >= 15 is 0 Å². The van der Waals surface area contributed by atoms with E-state index < -0.39 is 0 Å². The number of para-hydroxylation sites is 3. The van der Waals surface area contributed by atoms with Gasteiger partial charge in [0.2, 0.25) is 5.91 Å². The van der Waals surface area contributed by atoms with Crippen molar-refractivity contribution in [2.24, 2.45) is 0 Å². The van der Waals surface area contributed by atoms with Crippen LogP contribution in [0, 0.1) is 6.92 Å². The van der Waals surface area contributed by atoms with Gasteiger partial charge in [0.15, 0.2) is 0 Å². The van der Waals surface area contributed by atoms with Crippen LogP contribution in [0.25, 0.3) is 11.0 Å². The molecule has 1 heterocycles. The Bertz CT molecular complexity index is 981. The van der Waals surface area contributed by atoms with E-state index in [9.17, 15) is 9.90 Å². The fourth-order valence-corrected chi connectivity index (χ4v) is 3.65. The first-order chi connectivity index (χ1) is 14.1. The molecule has 154 valence electrons. The van der Waals surface area contributed by atoms with Gasteiger partial charge in [-0.15, -0.1) is 0 Å². The fourth-order valence-electron chi connectivity index (χ4n) is 3.65. The molecule has 0 unspecified atom stereocenters. The standard InChI is InChI=1S/C23H29N3O3/c1-4-18-10-8-9-17(3)23(18)26(16-29-5-2)22(28)15-25-20-12-7-6-11-19(20)24-21(25)13-14-27/h6-12,27H,4-5,13-16H2,1-3H3. The summed E-state index contributed by atoms with van der Waals surface area (Å²) in [4.78, 5) is 19.8. The molecule has 0 atom stereocenters. The number of hydrogen-bond acceptors (Lipinski definition) is 4. The molecule has 6 nitrogen and oxygen atoms in total. The van der Waals surface area contributed by atoms with Crippen molar-refractivity contribution in [2.45, 2.75) is 40.2 Å². The number of amides is 1. The summed E-state index contributed by atoms with van der Waals surface area (Å²) in [6.07, 6.45) is 1.23. The summed E-state index contributed by atoms with van der Waals surface area (Å²) < 4.78 is 7.55. The fraction of sp³-hybridized carbons (Fsp3) is 0.391. The van der Waals surface area contributed by atoms with Crippen molar-refractivity contribution in [3.05, 3.63) is 59.4 Å². The molecule has 6 heteroatoms. The lowest BCUT2D eigenvalue weighted by Gasteiger charge is -2.27. The lowest BCUT2D eigenvalue weighted by Crippen LogP contribution is -2.37. The lowest BCUT2D eigenvalue weighted by molar-refractivity contribution is -0.120. The van der Waals surface area contributed by atoms with E-state index in [1.807, 2.05) is 54.8 Å². The predicted octanol–water partition coefficient (Wildman–Crippen LogP) is 3.47. The number of ether oxygens (including phenoxy) is 1. The van der Waals surface area contributed by atoms with Crippen LogP contribution in [0.5, 0.6) is 0 Å². The van der Waals surface area contributed by atoms with Crippen LogP contribution in [0.4, 0.5) is 5.69 Å². The molecule has 1 aromatic heterocycles. The van der Waals surface area contributed by atoms with Crippen LogP contribution in [0.1, 0.15) is 30.8 Å². The summed E-state index contributed by atoms with van der Waals surface area (Å²) in [7, 11) is 0. The average molecular weight is 396 g/mol. The highest BCUT2D eigenvalue weighted by Crippen LogP contribution is 2.27. The van der Waals surface area contributed by atoms with E-state index in [-0.39, 0.29) is 25.8 Å². The molecule has 0 aliphatic heterocycles. The number of rotatable bonds is 9. The van der Waals surface area contributed by atoms with Crippen LogP contribution in [-0.4, -0.2) is 40.5 Å². The van der Waals surface area contributed by atoms with Crippen molar-refractivity contribution in [3.63, 3.8) is 0 Å². The van der Waals surface area contributed by atoms with Gasteiger partial charge in [0, 0.05) is 13.0 Å². The number of benzene rings is 2. The second-order valence-corrected chi connectivity index (χ2v) is 6.96. The first-order valence-electron chi connectivity index (χ1n) is 10.1. The van der Waals surface area contributed by atoms with Gasteiger partial charge >= 0.3 is 0 Å². The van der Waals surface area contributed by atoms with Gasteiger partial charge in [0.05, 0.1) is 23.3 Å². The Balaban J connectivity index is 2.00. The number of nitrogens with zero attached hydrogens (tertiary/aromatic N) is 3. The number of hydrogen-bond donors (Lipinski definition) is 1. The topological polar surface area (TPSA) is 67.6 Å². The van der Waals surface area contributed by atoms with Crippen LogP contribution in [0.15, 0.2) is 42.5 Å². The minimum atomic E-state index is -0.0650. The van der Waals surface area contributed by atoms with Crippen molar-refractivity contribution in [2.75, 3.05) is 24.8 Å². The molecule has 0 fully saturated rings. The molecule has 1 amide bonds. The summed E-state index contributed by atoms with van der Waals surface area (Å²) >= 11 is 0. The van der Waals surface area contributed by atoms with Crippen LogP contribution >= 0.6 is 0 Å². The molecule has 29 heavy (non-hydrogen) atoms. The molecule has 0 saturated carbocycles. The summed E-state index contributed by atoms with van der Waals surface area (Å²) in [6, 6.07) is 13.8. The molecule has 0 saturated heterocycles. The number of aryl methyl sites for hydroxylation is 2. The molecule has 3 aromatic rings. The Labute approximate surface area is 171 Å². The molecule has 0 spiro atoms. The highest BCUT2D eigenvalue weighted by molar-refractivity contribution is 5.95. The molecular formula is C23H29N3O3. The van der Waals surface area contributed by atoms with Gasteiger partial charge in [-0.05, 0) is 43.5 Å². The van der Waals surface area contributed by atoms with E-state index in [2.05, 4.69) is 18.0 Å². The second kappa shape index (κ2) is 9.67. The molecule has 0 aliphatic carbocycles. The third-order valence-corrected chi connectivity index (χ3v) is 5.06. The number of fused-ring (bicyclic) bond motifs is 1. The average Bonchev–Trinajstić information content (AvgIpc) is 3.06. The van der Waals surface area contributed by atoms with Crippen molar-refractivity contribution >= 4 is 22.6 Å². The van der Waals surface area contributed by atoms with Crippen LogP contribution in [0.2, 0.25) is 0 Å². The molecule has 2 aromatic carbocycles. The number of carbonyl (C=O) groups is 1. The monoisotopic (exact) mass is 395 g/mol. The predicted molar refractivity (Wildman–Crippen MR) is 115 cm³/mol. The van der Waals surface area contributed by atoms with Crippen molar-refractivity contribution < 1.29 is 14.6 Å². The van der Waals surface area contributed by atoms with Gasteiger partial charge in [-0.25, -0.2) is 4.98 Å². The summed E-state index contributed by atoms with van der Waals surface area (Å²) in [6.45, 7) is 6.88. The quantitative estimate of drug-likeness (QED) is 0.564. The molecule has 3 rings (SSSR count). The second-order valence-electron chi connectivity index (χ2n) is 6.96. The van der Waals surface area contributed by atoms with Gasteiger partial charge < -0.3 is 14.4 Å². The highest BCUT2D eigenvalue weighted by Gasteiger charge is 2.22. The lowest BCUT2D eigenvalue weighted by atomic mass is 10.0. The SMILES string of the molecule is CCOCN(C(=O)Cn1c(CCO)nc2ccccc21)c1c(C)cccc1CC. The number of anilines is 1. The maximum absolute atomic E-state index is 13.5. The van der Waals surface area contributed by atoms with Gasteiger partial charge in [-0.2, -0.15) is 0 Å². The Morgan fingerprint density at radius 3 is 2.69 bits per heavy atom. The summed E-state index contributed by atoms with van der Waals surface area (Å²) in [5, 5.41) is 9.44. The third-order valence-electron chi connectivity index (χ3n) is 5.06. The molecule has 0 radical (unpaired) electrons. The summed E-state index contributed by atoms with van der Waals surface area (Å²) in [5.41, 5.74) is 4.79.